The summed E-state index contributed by atoms with van der Waals surface area (Å²) in [5.74, 6) is 0. The number of thiocarbonyl (C=S) groups is 1. The summed E-state index contributed by atoms with van der Waals surface area (Å²) in [7, 11) is 0. The van der Waals surface area contributed by atoms with Crippen LogP contribution in [0.15, 0.2) is 30.3 Å². The Balaban J connectivity index is 2.07. The van der Waals surface area contributed by atoms with Gasteiger partial charge < -0.3 is 9.64 Å². The minimum absolute atomic E-state index is 0.428. The second-order valence-electron chi connectivity index (χ2n) is 3.65. The largest absolute Gasteiger partial charge is 0.378 e. The van der Waals surface area contributed by atoms with E-state index < -0.39 is 0 Å². The number of benzene rings is 1. The molecule has 1 aromatic rings. The van der Waals surface area contributed by atoms with Crippen LogP contribution in [-0.4, -0.2) is 41.9 Å². The number of nitrogens with one attached hydrogen (secondary N) is 1. The summed E-state index contributed by atoms with van der Waals surface area (Å²) < 4.78 is 5.26. The molecule has 0 aromatic heterocycles. The summed E-state index contributed by atoms with van der Waals surface area (Å²) in [6.45, 7) is 2.96. The fourth-order valence-electron chi connectivity index (χ4n) is 1.65. The number of hydrogen-bond donors (Lipinski definition) is 1. The van der Waals surface area contributed by atoms with E-state index in [0.29, 0.717) is 23.9 Å². The monoisotopic (exact) mass is 234 g/mol. The quantitative estimate of drug-likeness (QED) is 0.625. The molecule has 1 fully saturated rings. The van der Waals surface area contributed by atoms with Gasteiger partial charge in [-0.15, -0.1) is 0 Å². The van der Waals surface area contributed by atoms with E-state index in [0.717, 1.165) is 18.7 Å². The average Bonchev–Trinajstić information content (AvgIpc) is 2.39. The lowest BCUT2D eigenvalue weighted by Gasteiger charge is -2.29. The molecule has 1 aliphatic rings. The molecule has 1 aliphatic heterocycles. The van der Waals surface area contributed by atoms with E-state index in [9.17, 15) is 0 Å². The molecule has 0 amide bonds. The molecule has 0 unspecified atom stereocenters. The van der Waals surface area contributed by atoms with Crippen LogP contribution in [0.1, 0.15) is 5.56 Å². The van der Waals surface area contributed by atoms with Gasteiger partial charge in [0.1, 0.15) is 4.99 Å². The maximum Gasteiger partial charge on any atom is 0.127 e. The Kier molecular flexibility index (Phi) is 3.64. The highest BCUT2D eigenvalue weighted by atomic mass is 32.1. The van der Waals surface area contributed by atoms with Crippen LogP contribution in [-0.2, 0) is 4.74 Å². The van der Waals surface area contributed by atoms with Crippen molar-refractivity contribution in [3.8, 4) is 0 Å². The third-order valence-electron chi connectivity index (χ3n) is 2.57. The maximum absolute atomic E-state index is 8.05. The zero-order chi connectivity index (χ0) is 11.4. The van der Waals surface area contributed by atoms with Gasteiger partial charge in [-0.25, -0.2) is 0 Å². The third-order valence-corrected chi connectivity index (χ3v) is 3.04. The molecule has 1 heterocycles. The van der Waals surface area contributed by atoms with Crippen LogP contribution in [0, 0.1) is 5.41 Å². The van der Waals surface area contributed by atoms with E-state index in [-0.39, 0.29) is 0 Å². The highest BCUT2D eigenvalue weighted by Gasteiger charge is 2.17. The lowest BCUT2D eigenvalue weighted by Crippen LogP contribution is -2.43. The Morgan fingerprint density at radius 2 is 1.81 bits per heavy atom. The van der Waals surface area contributed by atoms with Crippen molar-refractivity contribution < 1.29 is 4.74 Å². The first-order valence-corrected chi connectivity index (χ1v) is 5.71. The molecule has 4 heteroatoms. The molecule has 0 aliphatic carbocycles. The molecule has 0 saturated carbocycles. The van der Waals surface area contributed by atoms with Crippen molar-refractivity contribution in [1.29, 1.82) is 5.41 Å². The zero-order valence-electron chi connectivity index (χ0n) is 8.98. The first kappa shape index (κ1) is 11.2. The summed E-state index contributed by atoms with van der Waals surface area (Å²) in [6.07, 6.45) is 0. The molecular formula is C12H14N2OS. The molecule has 1 aromatic carbocycles. The summed E-state index contributed by atoms with van der Waals surface area (Å²) in [4.78, 5) is 2.66. The summed E-state index contributed by atoms with van der Waals surface area (Å²) in [6, 6.07) is 9.61. The molecule has 84 valence electrons. The first-order valence-electron chi connectivity index (χ1n) is 5.30. The SMILES string of the molecule is N=C(C(=S)N1CCOCC1)c1ccccc1. The molecule has 0 bridgehead atoms. The first-order chi connectivity index (χ1) is 7.79. The smallest absolute Gasteiger partial charge is 0.127 e. The molecule has 0 radical (unpaired) electrons. The van der Waals surface area contributed by atoms with Crippen molar-refractivity contribution in [2.75, 3.05) is 26.3 Å². The molecule has 0 atom stereocenters. The summed E-state index contributed by atoms with van der Waals surface area (Å²) in [5, 5.41) is 8.05. The minimum atomic E-state index is 0.428. The van der Waals surface area contributed by atoms with Crippen molar-refractivity contribution in [3.63, 3.8) is 0 Å². The van der Waals surface area contributed by atoms with Gasteiger partial charge in [0.2, 0.25) is 0 Å². The van der Waals surface area contributed by atoms with Gasteiger partial charge in [-0.3, -0.25) is 5.41 Å². The maximum atomic E-state index is 8.05. The van der Waals surface area contributed by atoms with Crippen molar-refractivity contribution in [1.82, 2.24) is 4.90 Å². The summed E-state index contributed by atoms with van der Waals surface area (Å²) in [5.41, 5.74) is 1.30. The van der Waals surface area contributed by atoms with Crippen LogP contribution >= 0.6 is 12.2 Å². The molecule has 0 spiro atoms. The molecule has 16 heavy (non-hydrogen) atoms. The number of ether oxygens (including phenoxy) is 1. The van der Waals surface area contributed by atoms with Gasteiger partial charge >= 0.3 is 0 Å². The Hall–Kier alpha value is -1.26. The van der Waals surface area contributed by atoms with E-state index in [1.165, 1.54) is 0 Å². The van der Waals surface area contributed by atoms with E-state index in [1.54, 1.807) is 0 Å². The second kappa shape index (κ2) is 5.18. The van der Waals surface area contributed by atoms with Gasteiger partial charge in [-0.1, -0.05) is 42.5 Å². The predicted molar refractivity (Wildman–Crippen MR) is 68.3 cm³/mol. The molecule has 3 nitrogen and oxygen atoms in total. The van der Waals surface area contributed by atoms with Gasteiger partial charge in [-0.2, -0.15) is 0 Å². The number of rotatable bonds is 2. The van der Waals surface area contributed by atoms with E-state index in [2.05, 4.69) is 0 Å². The van der Waals surface area contributed by atoms with Crippen LogP contribution < -0.4 is 0 Å². The topological polar surface area (TPSA) is 36.3 Å². The van der Waals surface area contributed by atoms with E-state index in [4.69, 9.17) is 22.4 Å². The van der Waals surface area contributed by atoms with Crippen molar-refractivity contribution in [2.45, 2.75) is 0 Å². The Labute approximate surface area is 101 Å². The van der Waals surface area contributed by atoms with Crippen molar-refractivity contribution >= 4 is 22.9 Å². The van der Waals surface area contributed by atoms with Crippen LogP contribution in [0.2, 0.25) is 0 Å². The normalized spacial score (nSPS) is 15.9. The number of nitrogens with zero attached hydrogens (tertiary/aromatic N) is 1. The van der Waals surface area contributed by atoms with Crippen LogP contribution in [0.3, 0.4) is 0 Å². The van der Waals surface area contributed by atoms with Crippen LogP contribution in [0.4, 0.5) is 0 Å². The molecular weight excluding hydrogens is 220 g/mol. The number of morpholine rings is 1. The number of hydrogen-bond acceptors (Lipinski definition) is 3. The lowest BCUT2D eigenvalue weighted by molar-refractivity contribution is 0.0698. The van der Waals surface area contributed by atoms with Crippen molar-refractivity contribution in [2.24, 2.45) is 0 Å². The second-order valence-corrected chi connectivity index (χ2v) is 4.03. The average molecular weight is 234 g/mol. The van der Waals surface area contributed by atoms with Gasteiger partial charge in [0.25, 0.3) is 0 Å². The Bertz CT molecular complexity index is 385. The van der Waals surface area contributed by atoms with Gasteiger partial charge in [0, 0.05) is 18.7 Å². The van der Waals surface area contributed by atoms with Crippen LogP contribution in [0.5, 0.6) is 0 Å². The predicted octanol–water partition coefficient (Wildman–Crippen LogP) is 1.71. The Morgan fingerprint density at radius 1 is 1.19 bits per heavy atom. The highest BCUT2D eigenvalue weighted by molar-refractivity contribution is 7.82. The standard InChI is InChI=1S/C12H14N2OS/c13-11(10-4-2-1-3-5-10)12(16)14-6-8-15-9-7-14/h1-5,13H,6-9H2. The zero-order valence-corrected chi connectivity index (χ0v) is 9.80. The van der Waals surface area contributed by atoms with E-state index in [1.807, 2.05) is 35.2 Å². The van der Waals surface area contributed by atoms with E-state index >= 15 is 0 Å². The highest BCUT2D eigenvalue weighted by Crippen LogP contribution is 2.06. The third kappa shape index (κ3) is 2.46. The van der Waals surface area contributed by atoms with Crippen molar-refractivity contribution in [3.05, 3.63) is 35.9 Å². The van der Waals surface area contributed by atoms with Gasteiger partial charge in [-0.05, 0) is 0 Å². The summed E-state index contributed by atoms with van der Waals surface area (Å²) >= 11 is 5.32. The lowest BCUT2D eigenvalue weighted by atomic mass is 10.1. The molecule has 1 saturated heterocycles. The van der Waals surface area contributed by atoms with Gasteiger partial charge in [0.05, 0.1) is 18.9 Å². The Morgan fingerprint density at radius 3 is 2.44 bits per heavy atom. The molecule has 1 N–H and O–H groups in total. The fourth-order valence-corrected chi connectivity index (χ4v) is 1.95. The molecule has 2 rings (SSSR count). The van der Waals surface area contributed by atoms with Crippen LogP contribution in [0.25, 0.3) is 0 Å². The van der Waals surface area contributed by atoms with Gasteiger partial charge in [0.15, 0.2) is 0 Å². The fraction of sp³-hybridized carbons (Fsp3) is 0.333. The minimum Gasteiger partial charge on any atom is -0.378 e.